The highest BCUT2D eigenvalue weighted by molar-refractivity contribution is 4.94. The molecule has 2 N–H and O–H groups in total. The normalized spacial score (nSPS) is 32.4. The Balaban J connectivity index is 1.97. The molecule has 2 nitrogen and oxygen atoms in total. The fourth-order valence-corrected chi connectivity index (χ4v) is 3.31. The fraction of sp³-hybridized carbons (Fsp3) is 1.00. The highest BCUT2D eigenvalue weighted by atomic mass is 16.5. The lowest BCUT2D eigenvalue weighted by molar-refractivity contribution is -0.0980. The van der Waals surface area contributed by atoms with Gasteiger partial charge in [-0.3, -0.25) is 0 Å². The van der Waals surface area contributed by atoms with E-state index in [1.54, 1.807) is 0 Å². The van der Waals surface area contributed by atoms with Gasteiger partial charge in [0.05, 0.1) is 5.60 Å². The predicted molar refractivity (Wildman–Crippen MR) is 62.7 cm³/mol. The second kappa shape index (κ2) is 4.42. The molecule has 2 rings (SSSR count). The molecule has 0 aromatic rings. The molecule has 2 aliphatic rings. The van der Waals surface area contributed by atoms with Crippen LogP contribution < -0.4 is 5.73 Å². The van der Waals surface area contributed by atoms with Crippen LogP contribution in [0.1, 0.15) is 52.4 Å². The first-order valence-corrected chi connectivity index (χ1v) is 6.52. The van der Waals surface area contributed by atoms with Crippen molar-refractivity contribution in [2.75, 3.05) is 6.61 Å². The molecule has 2 heteroatoms. The van der Waals surface area contributed by atoms with Crippen LogP contribution in [0.3, 0.4) is 0 Å². The Bertz CT molecular complexity index is 209. The largest absolute Gasteiger partial charge is 0.375 e. The maximum Gasteiger partial charge on any atom is 0.0685 e. The molecule has 0 amide bonds. The molecule has 15 heavy (non-hydrogen) atoms. The molecule has 1 spiro atoms. The molecule has 0 aromatic heterocycles. The van der Waals surface area contributed by atoms with Gasteiger partial charge < -0.3 is 10.5 Å². The summed E-state index contributed by atoms with van der Waals surface area (Å²) in [7, 11) is 0. The molecule has 1 saturated heterocycles. The van der Waals surface area contributed by atoms with Crippen LogP contribution in [0.2, 0.25) is 0 Å². The molecule has 0 radical (unpaired) electrons. The minimum Gasteiger partial charge on any atom is -0.375 e. The van der Waals surface area contributed by atoms with E-state index in [1.807, 2.05) is 0 Å². The van der Waals surface area contributed by atoms with Gasteiger partial charge >= 0.3 is 0 Å². The van der Waals surface area contributed by atoms with E-state index in [0.717, 1.165) is 6.61 Å². The quantitative estimate of drug-likeness (QED) is 0.762. The van der Waals surface area contributed by atoms with Crippen molar-refractivity contribution in [2.24, 2.45) is 17.6 Å². The number of ether oxygens (including phenoxy) is 1. The van der Waals surface area contributed by atoms with Gasteiger partial charge in [-0.25, -0.2) is 0 Å². The monoisotopic (exact) mass is 211 g/mol. The summed E-state index contributed by atoms with van der Waals surface area (Å²) in [6, 6.07) is 0.367. The van der Waals surface area contributed by atoms with Crippen molar-refractivity contribution in [1.82, 2.24) is 0 Å². The lowest BCUT2D eigenvalue weighted by Crippen LogP contribution is -2.45. The fourth-order valence-electron chi connectivity index (χ4n) is 3.31. The zero-order valence-corrected chi connectivity index (χ0v) is 10.2. The number of hydrogen-bond acceptors (Lipinski definition) is 2. The molecule has 88 valence electrons. The van der Waals surface area contributed by atoms with Crippen LogP contribution in [0.25, 0.3) is 0 Å². The average molecular weight is 211 g/mol. The Labute approximate surface area is 93.6 Å². The summed E-state index contributed by atoms with van der Waals surface area (Å²) in [6.45, 7) is 5.41. The van der Waals surface area contributed by atoms with Gasteiger partial charge in [0, 0.05) is 12.6 Å². The van der Waals surface area contributed by atoms with E-state index >= 15 is 0 Å². The first-order valence-electron chi connectivity index (χ1n) is 6.52. The molecule has 2 unspecified atom stereocenters. The van der Waals surface area contributed by atoms with E-state index < -0.39 is 0 Å². The first-order chi connectivity index (χ1) is 7.13. The van der Waals surface area contributed by atoms with Crippen molar-refractivity contribution >= 4 is 0 Å². The van der Waals surface area contributed by atoms with Crippen LogP contribution >= 0.6 is 0 Å². The molecule has 1 saturated carbocycles. The van der Waals surface area contributed by atoms with Crippen LogP contribution in [0.4, 0.5) is 0 Å². The summed E-state index contributed by atoms with van der Waals surface area (Å²) in [6.07, 6.45) is 7.63. The summed E-state index contributed by atoms with van der Waals surface area (Å²) < 4.78 is 6.03. The number of hydrogen-bond donors (Lipinski definition) is 1. The lowest BCUT2D eigenvalue weighted by Gasteiger charge is -2.41. The summed E-state index contributed by atoms with van der Waals surface area (Å²) in [5, 5.41) is 0. The molecule has 0 aromatic carbocycles. The zero-order chi connectivity index (χ0) is 10.9. The highest BCUT2D eigenvalue weighted by Gasteiger charge is 2.41. The van der Waals surface area contributed by atoms with Gasteiger partial charge in [-0.1, -0.05) is 26.7 Å². The van der Waals surface area contributed by atoms with E-state index in [4.69, 9.17) is 10.5 Å². The first kappa shape index (κ1) is 11.4. The minimum atomic E-state index is 0.232. The van der Waals surface area contributed by atoms with E-state index in [1.165, 1.54) is 38.5 Å². The second-order valence-corrected chi connectivity index (χ2v) is 5.81. The topological polar surface area (TPSA) is 35.2 Å². The third-order valence-electron chi connectivity index (χ3n) is 4.36. The van der Waals surface area contributed by atoms with Crippen molar-refractivity contribution in [3.05, 3.63) is 0 Å². The third kappa shape index (κ3) is 2.36. The summed E-state index contributed by atoms with van der Waals surface area (Å²) in [5.74, 6) is 1.29. The third-order valence-corrected chi connectivity index (χ3v) is 4.36. The van der Waals surface area contributed by atoms with Gasteiger partial charge in [0.2, 0.25) is 0 Å². The van der Waals surface area contributed by atoms with Crippen LogP contribution in [0.15, 0.2) is 0 Å². The minimum absolute atomic E-state index is 0.232. The molecule has 1 aliphatic carbocycles. The SMILES string of the molecule is CC(C)C(N)C1CCOC2(CCCC2)C1. The predicted octanol–water partition coefficient (Wildman–Crippen LogP) is 2.71. The van der Waals surface area contributed by atoms with E-state index in [9.17, 15) is 0 Å². The summed E-state index contributed by atoms with van der Waals surface area (Å²) in [5.41, 5.74) is 6.52. The Kier molecular flexibility index (Phi) is 3.36. The van der Waals surface area contributed by atoms with Gasteiger partial charge in [0.1, 0.15) is 0 Å². The van der Waals surface area contributed by atoms with Crippen LogP contribution in [0.5, 0.6) is 0 Å². The lowest BCUT2D eigenvalue weighted by atomic mass is 9.78. The van der Waals surface area contributed by atoms with Crippen molar-refractivity contribution in [3.8, 4) is 0 Å². The maximum atomic E-state index is 6.29. The second-order valence-electron chi connectivity index (χ2n) is 5.81. The molecule has 0 bridgehead atoms. The van der Waals surface area contributed by atoms with Crippen molar-refractivity contribution < 1.29 is 4.74 Å². The van der Waals surface area contributed by atoms with E-state index in [0.29, 0.717) is 17.9 Å². The van der Waals surface area contributed by atoms with Gasteiger partial charge in [-0.2, -0.15) is 0 Å². The Morgan fingerprint density at radius 3 is 2.53 bits per heavy atom. The smallest absolute Gasteiger partial charge is 0.0685 e. The average Bonchev–Trinajstić information content (AvgIpc) is 2.65. The van der Waals surface area contributed by atoms with Gasteiger partial charge in [0.25, 0.3) is 0 Å². The van der Waals surface area contributed by atoms with Crippen LogP contribution in [0, 0.1) is 11.8 Å². The summed E-state index contributed by atoms with van der Waals surface area (Å²) >= 11 is 0. The van der Waals surface area contributed by atoms with E-state index in [2.05, 4.69) is 13.8 Å². The zero-order valence-electron chi connectivity index (χ0n) is 10.2. The standard InChI is InChI=1S/C13H25NO/c1-10(2)12(14)11-5-8-15-13(9-11)6-3-4-7-13/h10-12H,3-9,14H2,1-2H3. The van der Waals surface area contributed by atoms with Crippen molar-refractivity contribution in [1.29, 1.82) is 0 Å². The highest BCUT2D eigenvalue weighted by Crippen LogP contribution is 2.43. The van der Waals surface area contributed by atoms with Gasteiger partial charge in [-0.05, 0) is 37.5 Å². The van der Waals surface area contributed by atoms with Gasteiger partial charge in [0.15, 0.2) is 0 Å². The molecule has 1 heterocycles. The van der Waals surface area contributed by atoms with Crippen molar-refractivity contribution in [3.63, 3.8) is 0 Å². The number of nitrogens with two attached hydrogens (primary N) is 1. The molecular formula is C13H25NO. The van der Waals surface area contributed by atoms with Crippen molar-refractivity contribution in [2.45, 2.75) is 64.0 Å². The van der Waals surface area contributed by atoms with Crippen LogP contribution in [-0.4, -0.2) is 18.2 Å². The Hall–Kier alpha value is -0.0800. The number of rotatable bonds is 2. The van der Waals surface area contributed by atoms with E-state index in [-0.39, 0.29) is 5.60 Å². The van der Waals surface area contributed by atoms with Gasteiger partial charge in [-0.15, -0.1) is 0 Å². The Morgan fingerprint density at radius 1 is 1.27 bits per heavy atom. The van der Waals surface area contributed by atoms with Crippen LogP contribution in [-0.2, 0) is 4.74 Å². The molecule has 2 fully saturated rings. The molecule has 1 aliphatic heterocycles. The maximum absolute atomic E-state index is 6.29. The Morgan fingerprint density at radius 2 is 1.93 bits per heavy atom. The molecular weight excluding hydrogens is 186 g/mol. The molecule has 2 atom stereocenters. The summed E-state index contributed by atoms with van der Waals surface area (Å²) in [4.78, 5) is 0.